The van der Waals surface area contributed by atoms with Crippen molar-refractivity contribution in [3.63, 3.8) is 0 Å². The Balaban J connectivity index is 1.99. The lowest BCUT2D eigenvalue weighted by Gasteiger charge is -2.08. The molecule has 0 heterocycles. The molecule has 0 saturated carbocycles. The van der Waals surface area contributed by atoms with E-state index < -0.39 is 0 Å². The molecule has 2 heteroatoms. The van der Waals surface area contributed by atoms with Crippen LogP contribution in [0.3, 0.4) is 0 Å². The van der Waals surface area contributed by atoms with E-state index in [1.54, 1.807) is 0 Å². The molecule has 1 N–H and O–H groups in total. The van der Waals surface area contributed by atoms with Crippen molar-refractivity contribution in [3.05, 3.63) is 62.7 Å². The normalized spacial score (nSPS) is 10.4. The first-order valence-corrected chi connectivity index (χ1v) is 7.34. The number of nitrogens with one attached hydrogen (secondary N) is 1. The molecule has 94 valence electrons. The maximum Gasteiger partial charge on any atom is 0.0400 e. The lowest BCUT2D eigenvalue weighted by Crippen LogP contribution is -2.00. The molecule has 0 spiro atoms. The van der Waals surface area contributed by atoms with Crippen LogP contribution in [0.2, 0.25) is 0 Å². The zero-order chi connectivity index (χ0) is 13.0. The molecule has 0 aliphatic heterocycles. The fourth-order valence-electron chi connectivity index (χ4n) is 1.80. The summed E-state index contributed by atoms with van der Waals surface area (Å²) in [5.74, 6) is 0. The summed E-state index contributed by atoms with van der Waals surface area (Å²) in [5, 5.41) is 3.46. The van der Waals surface area contributed by atoms with Crippen molar-refractivity contribution in [2.45, 2.75) is 26.8 Å². The summed E-state index contributed by atoms with van der Waals surface area (Å²) in [4.78, 5) is 0. The molecule has 0 aliphatic carbocycles. The smallest absolute Gasteiger partial charge is 0.0400 e. The van der Waals surface area contributed by atoms with Crippen LogP contribution < -0.4 is 5.32 Å². The van der Waals surface area contributed by atoms with E-state index in [0.29, 0.717) is 0 Å². The first-order valence-electron chi connectivity index (χ1n) is 6.27. The van der Waals surface area contributed by atoms with E-state index in [1.807, 2.05) is 0 Å². The second-order valence-corrected chi connectivity index (χ2v) is 5.65. The molecule has 2 aromatic rings. The van der Waals surface area contributed by atoms with Crippen LogP contribution in [0.15, 0.2) is 42.5 Å². The van der Waals surface area contributed by atoms with Gasteiger partial charge >= 0.3 is 0 Å². The molecule has 0 aromatic heterocycles. The average Bonchev–Trinajstić information content (AvgIpc) is 2.41. The summed E-state index contributed by atoms with van der Waals surface area (Å²) in [6.45, 7) is 5.19. The summed E-state index contributed by atoms with van der Waals surface area (Å²) >= 11 is 2.37. The van der Waals surface area contributed by atoms with Crippen LogP contribution in [0.4, 0.5) is 5.69 Å². The van der Waals surface area contributed by atoms with Gasteiger partial charge in [-0.3, -0.25) is 0 Å². The predicted molar refractivity (Wildman–Crippen MR) is 87.0 cm³/mol. The third-order valence-electron chi connectivity index (χ3n) is 3.10. The minimum absolute atomic E-state index is 0.878. The van der Waals surface area contributed by atoms with Crippen LogP contribution in [0.5, 0.6) is 0 Å². The van der Waals surface area contributed by atoms with Crippen molar-refractivity contribution in [2.24, 2.45) is 0 Å². The number of rotatable bonds is 4. The quantitative estimate of drug-likeness (QED) is 0.782. The molecule has 2 rings (SSSR count). The zero-order valence-electron chi connectivity index (χ0n) is 10.8. The Morgan fingerprint density at radius 3 is 2.28 bits per heavy atom. The largest absolute Gasteiger partial charge is 0.381 e. The van der Waals surface area contributed by atoms with Crippen LogP contribution in [0.1, 0.15) is 23.6 Å². The third-order valence-corrected chi connectivity index (χ3v) is 4.26. The van der Waals surface area contributed by atoms with Crippen molar-refractivity contribution in [2.75, 3.05) is 5.32 Å². The number of anilines is 1. The fraction of sp³-hybridized carbons (Fsp3) is 0.250. The first kappa shape index (κ1) is 13.4. The number of hydrogen-bond donors (Lipinski definition) is 1. The highest BCUT2D eigenvalue weighted by Gasteiger charge is 1.98. The Hall–Kier alpha value is -1.03. The molecule has 0 saturated heterocycles. The molecular formula is C16H18IN. The molecule has 0 fully saturated rings. The van der Waals surface area contributed by atoms with Gasteiger partial charge in [-0.25, -0.2) is 0 Å². The van der Waals surface area contributed by atoms with Crippen LogP contribution in [0, 0.1) is 10.5 Å². The molecule has 0 aliphatic rings. The Kier molecular flexibility index (Phi) is 4.64. The van der Waals surface area contributed by atoms with Gasteiger partial charge in [0.05, 0.1) is 0 Å². The van der Waals surface area contributed by atoms with Crippen molar-refractivity contribution in [1.29, 1.82) is 0 Å². The molecular weight excluding hydrogens is 333 g/mol. The van der Waals surface area contributed by atoms with Gasteiger partial charge in [-0.2, -0.15) is 0 Å². The lowest BCUT2D eigenvalue weighted by atomic mass is 10.1. The van der Waals surface area contributed by atoms with Gasteiger partial charge in [-0.1, -0.05) is 37.3 Å². The molecule has 2 aromatic carbocycles. The SMILES string of the molecule is CCc1ccc(CNc2ccc(C)c(I)c2)cc1. The Morgan fingerprint density at radius 1 is 1.00 bits per heavy atom. The Labute approximate surface area is 123 Å². The van der Waals surface area contributed by atoms with Crippen molar-refractivity contribution in [1.82, 2.24) is 0 Å². The highest BCUT2D eigenvalue weighted by Crippen LogP contribution is 2.17. The number of hydrogen-bond acceptors (Lipinski definition) is 1. The van der Waals surface area contributed by atoms with Gasteiger partial charge in [0.25, 0.3) is 0 Å². The summed E-state index contributed by atoms with van der Waals surface area (Å²) in [5.41, 5.74) is 5.23. The van der Waals surface area contributed by atoms with E-state index in [9.17, 15) is 0 Å². The van der Waals surface area contributed by atoms with E-state index in [4.69, 9.17) is 0 Å². The van der Waals surface area contributed by atoms with Gasteiger partial charge < -0.3 is 5.32 Å². The molecule has 0 radical (unpaired) electrons. The first-order chi connectivity index (χ1) is 8.69. The Morgan fingerprint density at radius 2 is 1.67 bits per heavy atom. The second kappa shape index (κ2) is 6.23. The summed E-state index contributed by atoms with van der Waals surface area (Å²) in [7, 11) is 0. The van der Waals surface area contributed by atoms with E-state index in [0.717, 1.165) is 13.0 Å². The van der Waals surface area contributed by atoms with Crippen molar-refractivity contribution in [3.8, 4) is 0 Å². The Bertz CT molecular complexity index is 517. The molecule has 0 bridgehead atoms. The lowest BCUT2D eigenvalue weighted by molar-refractivity contribution is 1.10. The van der Waals surface area contributed by atoms with Gasteiger partial charge in [0.15, 0.2) is 0 Å². The van der Waals surface area contributed by atoms with Crippen molar-refractivity contribution < 1.29 is 0 Å². The van der Waals surface area contributed by atoms with Gasteiger partial charge in [0.2, 0.25) is 0 Å². The molecule has 0 unspecified atom stereocenters. The highest BCUT2D eigenvalue weighted by molar-refractivity contribution is 14.1. The third kappa shape index (κ3) is 3.48. The van der Waals surface area contributed by atoms with Crippen LogP contribution >= 0.6 is 22.6 Å². The van der Waals surface area contributed by atoms with E-state index in [2.05, 4.69) is 84.2 Å². The highest BCUT2D eigenvalue weighted by atomic mass is 127. The van der Waals surface area contributed by atoms with Gasteiger partial charge in [0, 0.05) is 15.8 Å². The molecule has 1 nitrogen and oxygen atoms in total. The van der Waals surface area contributed by atoms with Gasteiger partial charge in [-0.15, -0.1) is 0 Å². The van der Waals surface area contributed by atoms with Crippen LogP contribution in [0.25, 0.3) is 0 Å². The summed E-state index contributed by atoms with van der Waals surface area (Å²) in [6, 6.07) is 15.3. The number of halogens is 1. The van der Waals surface area contributed by atoms with E-state index >= 15 is 0 Å². The van der Waals surface area contributed by atoms with Crippen LogP contribution in [-0.4, -0.2) is 0 Å². The maximum absolute atomic E-state index is 3.46. The zero-order valence-corrected chi connectivity index (χ0v) is 13.0. The maximum atomic E-state index is 3.46. The standard InChI is InChI=1S/C16H18IN/c1-3-13-5-7-14(8-6-13)11-18-15-9-4-12(2)16(17)10-15/h4-10,18H,3,11H2,1-2H3. The topological polar surface area (TPSA) is 12.0 Å². The summed E-state index contributed by atoms with van der Waals surface area (Å²) in [6.07, 6.45) is 1.10. The monoisotopic (exact) mass is 351 g/mol. The predicted octanol–water partition coefficient (Wildman–Crippen LogP) is 4.77. The minimum Gasteiger partial charge on any atom is -0.381 e. The molecule has 18 heavy (non-hydrogen) atoms. The average molecular weight is 351 g/mol. The van der Waals surface area contributed by atoms with E-state index in [1.165, 1.54) is 25.9 Å². The van der Waals surface area contributed by atoms with Gasteiger partial charge in [0.1, 0.15) is 0 Å². The summed E-state index contributed by atoms with van der Waals surface area (Å²) < 4.78 is 1.30. The van der Waals surface area contributed by atoms with Gasteiger partial charge in [-0.05, 0) is 64.8 Å². The van der Waals surface area contributed by atoms with Crippen molar-refractivity contribution >= 4 is 28.3 Å². The number of benzene rings is 2. The fourth-order valence-corrected chi connectivity index (χ4v) is 2.32. The molecule has 0 atom stereocenters. The second-order valence-electron chi connectivity index (χ2n) is 4.49. The number of aryl methyl sites for hydroxylation is 2. The minimum atomic E-state index is 0.878. The van der Waals surface area contributed by atoms with E-state index in [-0.39, 0.29) is 0 Å². The van der Waals surface area contributed by atoms with Crippen LogP contribution in [-0.2, 0) is 13.0 Å². The molecule has 0 amide bonds.